The summed E-state index contributed by atoms with van der Waals surface area (Å²) in [4.78, 5) is 28.4. The first-order chi connectivity index (χ1) is 12.9. The molecule has 1 aromatic heterocycles. The highest BCUT2D eigenvalue weighted by molar-refractivity contribution is 5.94. The highest BCUT2D eigenvalue weighted by Crippen LogP contribution is 2.19. The minimum Gasteiger partial charge on any atom is -0.339 e. The van der Waals surface area contributed by atoms with Crippen molar-refractivity contribution in [2.24, 2.45) is 0 Å². The lowest BCUT2D eigenvalue weighted by atomic mass is 10.2. The lowest BCUT2D eigenvalue weighted by Crippen LogP contribution is -2.58. The van der Waals surface area contributed by atoms with Gasteiger partial charge in [-0.05, 0) is 38.5 Å². The Bertz CT molecular complexity index is 850. The Kier molecular flexibility index (Phi) is 5.43. The number of hydrogen-bond acceptors (Lipinski definition) is 3. The molecular weight excluding hydrogens is 349 g/mol. The number of rotatable bonds is 4. The van der Waals surface area contributed by atoms with Crippen LogP contribution in [0.1, 0.15) is 25.0 Å². The number of likely N-dealkylation sites (N-methyl/N-ethyl adjacent to an activating group) is 1. The van der Waals surface area contributed by atoms with Gasteiger partial charge in [0, 0.05) is 25.2 Å². The third kappa shape index (κ3) is 3.94. The van der Waals surface area contributed by atoms with Crippen LogP contribution in [0.15, 0.2) is 30.5 Å². The molecule has 144 valence electrons. The summed E-state index contributed by atoms with van der Waals surface area (Å²) in [5, 5.41) is 7.15. The van der Waals surface area contributed by atoms with E-state index < -0.39 is 6.04 Å². The van der Waals surface area contributed by atoms with E-state index in [0.717, 1.165) is 11.1 Å². The van der Waals surface area contributed by atoms with Crippen LogP contribution >= 0.6 is 0 Å². The number of aromatic nitrogens is 2. The van der Waals surface area contributed by atoms with Gasteiger partial charge in [-0.3, -0.25) is 10.1 Å². The number of halogens is 1. The van der Waals surface area contributed by atoms with Gasteiger partial charge in [0.05, 0.1) is 12.7 Å². The standard InChI is InChI=1S/C19H24FN5O2/c1-4-23-8-9-24(14(3)18(23)26)19(27)22-17-13(2)11-21-25(17)12-15-6-5-7-16(20)10-15/h5-7,10-11,14H,4,8-9,12H2,1-3H3,(H,22,27). The van der Waals surface area contributed by atoms with Gasteiger partial charge in [0.25, 0.3) is 0 Å². The van der Waals surface area contributed by atoms with Gasteiger partial charge >= 0.3 is 6.03 Å². The molecule has 1 atom stereocenters. The number of aryl methyl sites for hydroxylation is 1. The molecule has 3 amide bonds. The highest BCUT2D eigenvalue weighted by atomic mass is 19.1. The normalized spacial score (nSPS) is 17.3. The Labute approximate surface area is 157 Å². The fourth-order valence-electron chi connectivity index (χ4n) is 3.26. The molecule has 1 N–H and O–H groups in total. The molecule has 1 fully saturated rings. The second-order valence-corrected chi connectivity index (χ2v) is 6.68. The lowest BCUT2D eigenvalue weighted by molar-refractivity contribution is -0.138. The van der Waals surface area contributed by atoms with Gasteiger partial charge in [0.2, 0.25) is 5.91 Å². The van der Waals surface area contributed by atoms with Gasteiger partial charge in [0.15, 0.2) is 0 Å². The van der Waals surface area contributed by atoms with Gasteiger partial charge < -0.3 is 9.80 Å². The molecule has 1 aromatic carbocycles. The van der Waals surface area contributed by atoms with Crippen LogP contribution in [0.4, 0.5) is 15.0 Å². The Morgan fingerprint density at radius 3 is 2.85 bits per heavy atom. The van der Waals surface area contributed by atoms with Crippen LogP contribution in [0.5, 0.6) is 0 Å². The zero-order valence-corrected chi connectivity index (χ0v) is 15.8. The van der Waals surface area contributed by atoms with Crippen LogP contribution in [0.2, 0.25) is 0 Å². The van der Waals surface area contributed by atoms with Crippen LogP contribution < -0.4 is 5.32 Å². The number of nitrogens with zero attached hydrogens (tertiary/aromatic N) is 4. The molecule has 0 spiro atoms. The highest BCUT2D eigenvalue weighted by Gasteiger charge is 2.34. The second kappa shape index (κ2) is 7.77. The van der Waals surface area contributed by atoms with Crippen LogP contribution in [0.3, 0.4) is 0 Å². The number of piperazine rings is 1. The number of carbonyl (C=O) groups excluding carboxylic acids is 2. The SMILES string of the molecule is CCN1CCN(C(=O)Nc2c(C)cnn2Cc2cccc(F)c2)C(C)C1=O. The fourth-order valence-corrected chi connectivity index (χ4v) is 3.26. The zero-order chi connectivity index (χ0) is 19.6. The number of nitrogens with one attached hydrogen (secondary N) is 1. The average molecular weight is 373 g/mol. The average Bonchev–Trinajstić information content (AvgIpc) is 2.97. The first-order valence-corrected chi connectivity index (χ1v) is 9.04. The van der Waals surface area contributed by atoms with Crippen LogP contribution in [-0.2, 0) is 11.3 Å². The van der Waals surface area contributed by atoms with Gasteiger partial charge in [0.1, 0.15) is 17.7 Å². The zero-order valence-electron chi connectivity index (χ0n) is 15.8. The van der Waals surface area contributed by atoms with Crippen molar-refractivity contribution in [3.05, 3.63) is 47.4 Å². The van der Waals surface area contributed by atoms with Crippen LogP contribution in [-0.4, -0.2) is 57.2 Å². The molecule has 2 aromatic rings. The number of carbonyl (C=O) groups is 2. The van der Waals surface area contributed by atoms with E-state index in [0.29, 0.717) is 32.0 Å². The van der Waals surface area contributed by atoms with Crippen molar-refractivity contribution < 1.29 is 14.0 Å². The minimum atomic E-state index is -0.515. The first kappa shape index (κ1) is 18.9. The molecule has 8 heteroatoms. The Morgan fingerprint density at radius 2 is 2.15 bits per heavy atom. The van der Waals surface area contributed by atoms with Crippen molar-refractivity contribution in [2.45, 2.75) is 33.4 Å². The van der Waals surface area contributed by atoms with E-state index in [1.165, 1.54) is 17.0 Å². The topological polar surface area (TPSA) is 70.5 Å². The summed E-state index contributed by atoms with van der Waals surface area (Å²) in [6.07, 6.45) is 1.65. The van der Waals surface area contributed by atoms with Crippen molar-refractivity contribution >= 4 is 17.8 Å². The maximum atomic E-state index is 13.4. The molecule has 2 heterocycles. The van der Waals surface area contributed by atoms with E-state index in [-0.39, 0.29) is 17.8 Å². The summed E-state index contributed by atoms with van der Waals surface area (Å²) in [5.41, 5.74) is 1.54. The van der Waals surface area contributed by atoms with Gasteiger partial charge in [-0.15, -0.1) is 0 Å². The maximum Gasteiger partial charge on any atom is 0.323 e. The molecule has 0 saturated carbocycles. The fraction of sp³-hybridized carbons (Fsp3) is 0.421. The predicted octanol–water partition coefficient (Wildman–Crippen LogP) is 2.46. The second-order valence-electron chi connectivity index (χ2n) is 6.68. The number of benzene rings is 1. The van der Waals surface area contributed by atoms with Crippen molar-refractivity contribution in [2.75, 3.05) is 25.0 Å². The summed E-state index contributed by atoms with van der Waals surface area (Å²) < 4.78 is 15.0. The molecule has 0 bridgehead atoms. The Balaban J connectivity index is 1.75. The monoisotopic (exact) mass is 373 g/mol. The number of amides is 3. The summed E-state index contributed by atoms with van der Waals surface area (Å²) >= 11 is 0. The first-order valence-electron chi connectivity index (χ1n) is 9.04. The molecule has 1 aliphatic heterocycles. The van der Waals surface area contributed by atoms with Crippen molar-refractivity contribution in [1.29, 1.82) is 0 Å². The quantitative estimate of drug-likeness (QED) is 0.895. The van der Waals surface area contributed by atoms with Crippen LogP contribution in [0.25, 0.3) is 0 Å². The van der Waals surface area contributed by atoms with Crippen molar-refractivity contribution in [3.8, 4) is 0 Å². The third-order valence-corrected chi connectivity index (χ3v) is 4.86. The van der Waals surface area contributed by atoms with E-state index in [1.54, 1.807) is 34.8 Å². The third-order valence-electron chi connectivity index (χ3n) is 4.86. The number of anilines is 1. The number of hydrogen-bond donors (Lipinski definition) is 1. The van der Waals surface area contributed by atoms with E-state index in [1.807, 2.05) is 13.8 Å². The maximum absolute atomic E-state index is 13.4. The molecule has 1 saturated heterocycles. The van der Waals surface area contributed by atoms with Crippen molar-refractivity contribution in [3.63, 3.8) is 0 Å². The van der Waals surface area contributed by atoms with E-state index >= 15 is 0 Å². The summed E-state index contributed by atoms with van der Waals surface area (Å²) in [6, 6.07) is 5.41. The molecule has 7 nitrogen and oxygen atoms in total. The van der Waals surface area contributed by atoms with Gasteiger partial charge in [-0.1, -0.05) is 12.1 Å². The minimum absolute atomic E-state index is 0.0520. The van der Waals surface area contributed by atoms with Crippen molar-refractivity contribution in [1.82, 2.24) is 19.6 Å². The molecule has 1 aliphatic rings. The molecular formula is C19H24FN5O2. The van der Waals surface area contributed by atoms with E-state index in [2.05, 4.69) is 10.4 Å². The Hall–Kier alpha value is -2.90. The smallest absolute Gasteiger partial charge is 0.323 e. The molecule has 0 radical (unpaired) electrons. The molecule has 0 aliphatic carbocycles. The van der Waals surface area contributed by atoms with Gasteiger partial charge in [-0.2, -0.15) is 5.10 Å². The number of urea groups is 1. The predicted molar refractivity (Wildman–Crippen MR) is 99.9 cm³/mol. The molecule has 3 rings (SSSR count). The molecule has 1 unspecified atom stereocenters. The summed E-state index contributed by atoms with van der Waals surface area (Å²) in [7, 11) is 0. The molecule has 27 heavy (non-hydrogen) atoms. The van der Waals surface area contributed by atoms with E-state index in [9.17, 15) is 14.0 Å². The van der Waals surface area contributed by atoms with Crippen LogP contribution in [0, 0.1) is 12.7 Å². The largest absolute Gasteiger partial charge is 0.339 e. The summed E-state index contributed by atoms with van der Waals surface area (Å²) in [6.45, 7) is 7.47. The van der Waals surface area contributed by atoms with Gasteiger partial charge in [-0.25, -0.2) is 13.9 Å². The summed E-state index contributed by atoms with van der Waals surface area (Å²) in [5.74, 6) is 0.175. The lowest BCUT2D eigenvalue weighted by Gasteiger charge is -2.38. The Morgan fingerprint density at radius 1 is 1.37 bits per heavy atom. The van der Waals surface area contributed by atoms with E-state index in [4.69, 9.17) is 0 Å².